The molecule has 0 bridgehead atoms. The van der Waals surface area contributed by atoms with E-state index < -0.39 is 0 Å². The zero-order valence-corrected chi connectivity index (χ0v) is 16.9. The van der Waals surface area contributed by atoms with Crippen molar-refractivity contribution in [1.29, 1.82) is 0 Å². The van der Waals surface area contributed by atoms with E-state index in [1.807, 2.05) is 43.5 Å². The highest BCUT2D eigenvalue weighted by Gasteiger charge is 2.22. The topological polar surface area (TPSA) is 64.0 Å². The molecule has 2 aromatic heterocycles. The Labute approximate surface area is 163 Å². The molecule has 5 nitrogen and oxygen atoms in total. The van der Waals surface area contributed by atoms with Gasteiger partial charge < -0.3 is 5.32 Å². The second-order valence-electron chi connectivity index (χ2n) is 7.41. The first-order valence-electron chi connectivity index (χ1n) is 9.24. The average molecular weight is 384 g/mol. The van der Waals surface area contributed by atoms with Crippen LogP contribution in [0.3, 0.4) is 0 Å². The van der Waals surface area contributed by atoms with Crippen molar-refractivity contribution < 1.29 is 4.79 Å². The highest BCUT2D eigenvalue weighted by Crippen LogP contribution is 2.26. The lowest BCUT2D eigenvalue weighted by atomic mass is 10.0. The van der Waals surface area contributed by atoms with Gasteiger partial charge in [0.25, 0.3) is 11.5 Å². The summed E-state index contributed by atoms with van der Waals surface area (Å²) in [6.07, 6.45) is 0.841. The Balaban J connectivity index is 2.04. The zero-order valence-electron chi connectivity index (χ0n) is 16.1. The Hall–Kier alpha value is -2.47. The van der Waals surface area contributed by atoms with Gasteiger partial charge >= 0.3 is 0 Å². The van der Waals surface area contributed by atoms with Crippen LogP contribution in [0, 0.1) is 5.92 Å². The molecule has 1 amide bonds. The average Bonchev–Trinajstić information content (AvgIpc) is 3.15. The number of nitrogens with one attached hydrogen (secondary N) is 1. The van der Waals surface area contributed by atoms with Gasteiger partial charge in [-0.3, -0.25) is 9.59 Å². The summed E-state index contributed by atoms with van der Waals surface area (Å²) in [5, 5.41) is 10.7. The van der Waals surface area contributed by atoms with Crippen LogP contribution in [0.5, 0.6) is 0 Å². The van der Waals surface area contributed by atoms with E-state index in [1.54, 1.807) is 23.5 Å². The third kappa shape index (κ3) is 4.11. The molecule has 1 unspecified atom stereocenters. The van der Waals surface area contributed by atoms with Crippen LogP contribution >= 0.6 is 11.3 Å². The van der Waals surface area contributed by atoms with Gasteiger partial charge in [-0.05, 0) is 43.7 Å². The molecule has 3 rings (SSSR count). The summed E-state index contributed by atoms with van der Waals surface area (Å²) in [6, 6.07) is 11.0. The second kappa shape index (κ2) is 8.05. The van der Waals surface area contributed by atoms with Crippen LogP contribution in [0.15, 0.2) is 46.6 Å². The minimum atomic E-state index is -0.250. The van der Waals surface area contributed by atoms with E-state index in [0.717, 1.165) is 11.3 Å². The van der Waals surface area contributed by atoms with E-state index in [0.29, 0.717) is 22.4 Å². The number of amides is 1. The number of nitrogens with zero attached hydrogens (tertiary/aromatic N) is 2. The van der Waals surface area contributed by atoms with Crippen LogP contribution in [0.1, 0.15) is 61.6 Å². The molecule has 0 saturated carbocycles. The van der Waals surface area contributed by atoms with Gasteiger partial charge in [0.05, 0.1) is 17.5 Å². The molecule has 27 heavy (non-hydrogen) atoms. The van der Waals surface area contributed by atoms with Gasteiger partial charge in [0.2, 0.25) is 0 Å². The van der Waals surface area contributed by atoms with E-state index in [9.17, 15) is 9.59 Å². The molecule has 2 heterocycles. The van der Waals surface area contributed by atoms with Gasteiger partial charge in [-0.2, -0.15) is 5.10 Å². The standard InChI is InChI=1S/C21H25N3O2S/c1-13(2)12-17(18-10-7-11-27-18)22-20(25)19-15-8-5-6-9-16(15)21(26)24(23-19)14(3)4/h5-11,13-14,17H,12H2,1-4H3,(H,22,25). The monoisotopic (exact) mass is 383 g/mol. The molecule has 0 aliphatic rings. The lowest BCUT2D eigenvalue weighted by Gasteiger charge is -2.20. The quantitative estimate of drug-likeness (QED) is 0.679. The fourth-order valence-corrected chi connectivity index (χ4v) is 3.95. The summed E-state index contributed by atoms with van der Waals surface area (Å²) < 4.78 is 1.39. The van der Waals surface area contributed by atoms with Crippen molar-refractivity contribution in [2.45, 2.75) is 46.2 Å². The first kappa shape index (κ1) is 19.3. The van der Waals surface area contributed by atoms with Crippen LogP contribution < -0.4 is 10.9 Å². The van der Waals surface area contributed by atoms with Crippen molar-refractivity contribution in [3.8, 4) is 0 Å². The number of aromatic nitrogens is 2. The van der Waals surface area contributed by atoms with Gasteiger partial charge in [-0.1, -0.05) is 38.1 Å². The Bertz CT molecular complexity index is 990. The van der Waals surface area contributed by atoms with E-state index in [2.05, 4.69) is 24.3 Å². The molecule has 6 heteroatoms. The van der Waals surface area contributed by atoms with Crippen molar-refractivity contribution in [3.05, 3.63) is 62.7 Å². The first-order valence-corrected chi connectivity index (χ1v) is 10.1. The highest BCUT2D eigenvalue weighted by molar-refractivity contribution is 7.10. The minimum Gasteiger partial charge on any atom is -0.343 e. The number of carbonyl (C=O) groups is 1. The summed E-state index contributed by atoms with van der Waals surface area (Å²) in [5.74, 6) is 0.186. The zero-order chi connectivity index (χ0) is 19.6. The smallest absolute Gasteiger partial charge is 0.274 e. The predicted molar refractivity (Wildman–Crippen MR) is 110 cm³/mol. The van der Waals surface area contributed by atoms with Crippen LogP contribution in [0.25, 0.3) is 10.8 Å². The predicted octanol–water partition coefficient (Wildman–Crippen LogP) is 4.56. The third-order valence-corrected chi connectivity index (χ3v) is 5.42. The van der Waals surface area contributed by atoms with Crippen molar-refractivity contribution in [2.24, 2.45) is 5.92 Å². The van der Waals surface area contributed by atoms with Crippen LogP contribution in [-0.4, -0.2) is 15.7 Å². The molecular formula is C21H25N3O2S. The fourth-order valence-electron chi connectivity index (χ4n) is 3.16. The van der Waals surface area contributed by atoms with Crippen molar-refractivity contribution in [3.63, 3.8) is 0 Å². The molecule has 1 N–H and O–H groups in total. The van der Waals surface area contributed by atoms with E-state index in [-0.39, 0.29) is 23.6 Å². The van der Waals surface area contributed by atoms with E-state index >= 15 is 0 Å². The summed E-state index contributed by atoms with van der Waals surface area (Å²) in [5.41, 5.74) is 0.123. The minimum absolute atomic E-state index is 0.0718. The number of fused-ring (bicyclic) bond motifs is 1. The van der Waals surface area contributed by atoms with Gasteiger partial charge in [0, 0.05) is 10.3 Å². The largest absolute Gasteiger partial charge is 0.343 e. The maximum atomic E-state index is 13.1. The highest BCUT2D eigenvalue weighted by atomic mass is 32.1. The lowest BCUT2D eigenvalue weighted by Crippen LogP contribution is -2.33. The van der Waals surface area contributed by atoms with Crippen LogP contribution in [-0.2, 0) is 0 Å². The van der Waals surface area contributed by atoms with Crippen molar-refractivity contribution in [2.75, 3.05) is 0 Å². The fraction of sp³-hybridized carbons (Fsp3) is 0.381. The summed E-state index contributed by atoms with van der Waals surface area (Å²) in [6.45, 7) is 8.05. The molecule has 0 radical (unpaired) electrons. The third-order valence-electron chi connectivity index (χ3n) is 4.43. The van der Waals surface area contributed by atoms with Gasteiger partial charge in [0.15, 0.2) is 5.69 Å². The van der Waals surface area contributed by atoms with Crippen molar-refractivity contribution in [1.82, 2.24) is 15.1 Å². The Morgan fingerprint density at radius 1 is 1.11 bits per heavy atom. The molecule has 0 fully saturated rings. The SMILES string of the molecule is CC(C)CC(NC(=O)c1nn(C(C)C)c(=O)c2ccccc12)c1cccs1. The number of hydrogen-bond acceptors (Lipinski definition) is 4. The van der Waals surface area contributed by atoms with Gasteiger partial charge in [-0.25, -0.2) is 4.68 Å². The van der Waals surface area contributed by atoms with Gasteiger partial charge in [-0.15, -0.1) is 11.3 Å². The Kier molecular flexibility index (Phi) is 5.75. The normalized spacial score (nSPS) is 12.7. The summed E-state index contributed by atoms with van der Waals surface area (Å²) >= 11 is 1.63. The number of benzene rings is 1. The molecule has 1 aromatic carbocycles. The molecule has 0 saturated heterocycles. The second-order valence-corrected chi connectivity index (χ2v) is 8.39. The van der Waals surface area contributed by atoms with E-state index in [4.69, 9.17) is 0 Å². The maximum absolute atomic E-state index is 13.1. The molecule has 0 aliphatic heterocycles. The molecule has 142 valence electrons. The molecule has 3 aromatic rings. The van der Waals surface area contributed by atoms with E-state index in [1.165, 1.54) is 4.68 Å². The summed E-state index contributed by atoms with van der Waals surface area (Å²) in [7, 11) is 0. The van der Waals surface area contributed by atoms with Crippen LogP contribution in [0.4, 0.5) is 0 Å². The number of carbonyl (C=O) groups excluding carboxylic acids is 1. The molecule has 1 atom stereocenters. The molecule has 0 spiro atoms. The number of hydrogen-bond donors (Lipinski definition) is 1. The molecule has 0 aliphatic carbocycles. The van der Waals surface area contributed by atoms with Crippen molar-refractivity contribution >= 4 is 28.0 Å². The first-order chi connectivity index (χ1) is 12.9. The Morgan fingerprint density at radius 2 is 1.81 bits per heavy atom. The Morgan fingerprint density at radius 3 is 2.41 bits per heavy atom. The van der Waals surface area contributed by atoms with Crippen LogP contribution in [0.2, 0.25) is 0 Å². The number of thiophene rings is 1. The summed E-state index contributed by atoms with van der Waals surface area (Å²) in [4.78, 5) is 26.9. The lowest BCUT2D eigenvalue weighted by molar-refractivity contribution is 0.0927. The molecular weight excluding hydrogens is 358 g/mol. The number of rotatable bonds is 6. The van der Waals surface area contributed by atoms with Gasteiger partial charge in [0.1, 0.15) is 0 Å². The maximum Gasteiger partial charge on any atom is 0.274 e.